The predicted octanol–water partition coefficient (Wildman–Crippen LogP) is 2.47. The first-order valence-corrected chi connectivity index (χ1v) is 5.00. The van der Waals surface area contributed by atoms with Crippen LogP contribution in [-0.4, -0.2) is 18.1 Å². The van der Waals surface area contributed by atoms with Crippen molar-refractivity contribution >= 4 is 17.6 Å². The van der Waals surface area contributed by atoms with Gasteiger partial charge in [0.15, 0.2) is 0 Å². The molecule has 1 rings (SSSR count). The van der Waals surface area contributed by atoms with Gasteiger partial charge >= 0.3 is 5.97 Å². The Hall–Kier alpha value is -1.23. The van der Waals surface area contributed by atoms with E-state index in [1.165, 1.54) is 19.4 Å². The van der Waals surface area contributed by atoms with E-state index in [1.807, 2.05) is 0 Å². The van der Waals surface area contributed by atoms with Crippen molar-refractivity contribution in [2.45, 2.75) is 18.7 Å². The van der Waals surface area contributed by atoms with Gasteiger partial charge in [-0.1, -0.05) is 6.07 Å². The Bertz CT molecular complexity index is 385. The zero-order chi connectivity index (χ0) is 12.1. The van der Waals surface area contributed by atoms with Crippen molar-refractivity contribution in [2.24, 2.45) is 0 Å². The molecule has 0 spiro atoms. The Morgan fingerprint density at radius 2 is 2.31 bits per heavy atom. The highest BCUT2D eigenvalue weighted by Crippen LogP contribution is 2.22. The summed E-state index contributed by atoms with van der Waals surface area (Å²) in [6.45, 7) is 0. The Labute approximate surface area is 96.4 Å². The van der Waals surface area contributed by atoms with Crippen LogP contribution in [0.25, 0.3) is 0 Å². The molecule has 0 aliphatic heterocycles. The van der Waals surface area contributed by atoms with Crippen LogP contribution in [-0.2, 0) is 21.8 Å². The Kier molecular flexibility index (Phi) is 4.61. The normalized spacial score (nSPS) is 10.6. The molecule has 0 aliphatic carbocycles. The number of esters is 1. The van der Waals surface area contributed by atoms with E-state index in [2.05, 4.69) is 9.72 Å². The van der Waals surface area contributed by atoms with E-state index < -0.39 is 12.4 Å². The van der Waals surface area contributed by atoms with Crippen molar-refractivity contribution in [1.29, 1.82) is 0 Å². The third-order valence-corrected chi connectivity index (χ3v) is 2.27. The first kappa shape index (κ1) is 12.8. The van der Waals surface area contributed by atoms with Gasteiger partial charge in [0.1, 0.15) is 5.69 Å². The quantitative estimate of drug-likeness (QED) is 0.608. The number of ether oxygens (including phenoxy) is 1. The minimum absolute atomic E-state index is 0.00307. The first-order chi connectivity index (χ1) is 7.58. The van der Waals surface area contributed by atoms with Crippen molar-refractivity contribution in [3.63, 3.8) is 0 Å². The summed E-state index contributed by atoms with van der Waals surface area (Å²) in [5.74, 6) is -0.520. The van der Waals surface area contributed by atoms with E-state index in [4.69, 9.17) is 11.6 Å². The lowest BCUT2D eigenvalue weighted by molar-refractivity contribution is -0.139. The van der Waals surface area contributed by atoms with Crippen molar-refractivity contribution in [3.05, 3.63) is 29.1 Å². The van der Waals surface area contributed by atoms with Gasteiger partial charge in [-0.15, -0.1) is 11.6 Å². The molecule has 0 aromatic carbocycles. The Morgan fingerprint density at radius 1 is 1.62 bits per heavy atom. The van der Waals surface area contributed by atoms with Gasteiger partial charge in [-0.05, 0) is 11.1 Å². The Balaban J connectivity index is 2.95. The summed E-state index contributed by atoms with van der Waals surface area (Å²) in [6, 6.07) is 1.44. The molecule has 0 atom stereocenters. The van der Waals surface area contributed by atoms with Gasteiger partial charge in [-0.2, -0.15) is 0 Å². The van der Waals surface area contributed by atoms with Crippen LogP contribution in [0.4, 0.5) is 8.78 Å². The number of hydrogen-bond acceptors (Lipinski definition) is 3. The zero-order valence-corrected chi connectivity index (χ0v) is 9.30. The standard InChI is InChI=1S/C10H10ClF2NO2/c1-16-8(15)3-6-2-7(4-11)9(10(12)13)14-5-6/h2,5,10H,3-4H2,1H3. The fourth-order valence-electron chi connectivity index (χ4n) is 1.21. The molecule has 0 radical (unpaired) electrons. The maximum absolute atomic E-state index is 12.5. The average Bonchev–Trinajstić information content (AvgIpc) is 2.28. The second-order valence-electron chi connectivity index (χ2n) is 3.08. The average molecular weight is 250 g/mol. The van der Waals surface area contributed by atoms with E-state index >= 15 is 0 Å². The lowest BCUT2D eigenvalue weighted by Gasteiger charge is -2.07. The number of hydrogen-bond donors (Lipinski definition) is 0. The van der Waals surface area contributed by atoms with Gasteiger partial charge in [0.05, 0.1) is 13.5 Å². The molecule has 3 nitrogen and oxygen atoms in total. The van der Waals surface area contributed by atoms with Gasteiger partial charge < -0.3 is 4.74 Å². The number of alkyl halides is 3. The molecule has 0 N–H and O–H groups in total. The minimum Gasteiger partial charge on any atom is -0.469 e. The summed E-state index contributed by atoms with van der Waals surface area (Å²) in [5.41, 5.74) is 0.397. The second kappa shape index (κ2) is 5.75. The monoisotopic (exact) mass is 249 g/mol. The van der Waals surface area contributed by atoms with Crippen LogP contribution >= 0.6 is 11.6 Å². The maximum atomic E-state index is 12.5. The number of carbonyl (C=O) groups excluding carboxylic acids is 1. The summed E-state index contributed by atoms with van der Waals surface area (Å²) in [6.07, 6.45) is -1.44. The van der Waals surface area contributed by atoms with Crippen LogP contribution in [0.3, 0.4) is 0 Å². The van der Waals surface area contributed by atoms with E-state index in [-0.39, 0.29) is 23.6 Å². The number of aromatic nitrogens is 1. The van der Waals surface area contributed by atoms with Gasteiger partial charge in [-0.3, -0.25) is 9.78 Å². The topological polar surface area (TPSA) is 39.2 Å². The number of halogens is 3. The SMILES string of the molecule is COC(=O)Cc1cnc(C(F)F)c(CCl)c1. The maximum Gasteiger partial charge on any atom is 0.310 e. The highest BCUT2D eigenvalue weighted by molar-refractivity contribution is 6.17. The summed E-state index contributed by atoms with van der Waals surface area (Å²) < 4.78 is 29.4. The van der Waals surface area contributed by atoms with Crippen molar-refractivity contribution in [2.75, 3.05) is 7.11 Å². The highest BCUT2D eigenvalue weighted by Gasteiger charge is 2.15. The van der Waals surface area contributed by atoms with Crippen LogP contribution in [0.1, 0.15) is 23.2 Å². The molecule has 1 aromatic rings. The molecule has 0 fully saturated rings. The van der Waals surface area contributed by atoms with Crippen molar-refractivity contribution < 1.29 is 18.3 Å². The van der Waals surface area contributed by atoms with E-state index in [0.717, 1.165) is 0 Å². The fourth-order valence-corrected chi connectivity index (χ4v) is 1.42. The molecule has 1 heterocycles. The summed E-state index contributed by atoms with van der Waals surface area (Å²) in [7, 11) is 1.26. The second-order valence-corrected chi connectivity index (χ2v) is 3.34. The molecular formula is C10H10ClF2NO2. The van der Waals surface area contributed by atoms with Gasteiger partial charge in [0, 0.05) is 12.1 Å². The first-order valence-electron chi connectivity index (χ1n) is 4.47. The summed E-state index contributed by atoms with van der Waals surface area (Å²) >= 11 is 5.53. The lowest BCUT2D eigenvalue weighted by atomic mass is 10.1. The third-order valence-electron chi connectivity index (χ3n) is 1.98. The zero-order valence-electron chi connectivity index (χ0n) is 8.54. The van der Waals surface area contributed by atoms with Crippen molar-refractivity contribution in [3.8, 4) is 0 Å². The number of rotatable bonds is 4. The molecule has 0 aliphatic rings. The minimum atomic E-state index is -2.67. The predicted molar refractivity (Wildman–Crippen MR) is 54.5 cm³/mol. The van der Waals surface area contributed by atoms with Gasteiger partial charge in [0.2, 0.25) is 0 Å². The van der Waals surface area contributed by atoms with Crippen molar-refractivity contribution in [1.82, 2.24) is 4.98 Å². The molecular weight excluding hydrogens is 240 g/mol. The van der Waals surface area contributed by atoms with Crippen LogP contribution in [0.15, 0.2) is 12.3 Å². The van der Waals surface area contributed by atoms with Crippen LogP contribution in [0.5, 0.6) is 0 Å². The number of methoxy groups -OCH3 is 1. The number of nitrogens with zero attached hydrogens (tertiary/aromatic N) is 1. The van der Waals surface area contributed by atoms with Crippen LogP contribution < -0.4 is 0 Å². The third kappa shape index (κ3) is 3.13. The number of pyridine rings is 1. The van der Waals surface area contributed by atoms with Gasteiger partial charge in [0.25, 0.3) is 6.43 Å². The molecule has 0 amide bonds. The van der Waals surface area contributed by atoms with Gasteiger partial charge in [-0.25, -0.2) is 8.78 Å². The lowest BCUT2D eigenvalue weighted by Crippen LogP contribution is -2.06. The molecule has 0 saturated heterocycles. The molecule has 88 valence electrons. The Morgan fingerprint density at radius 3 is 2.81 bits per heavy atom. The molecule has 0 saturated carbocycles. The van der Waals surface area contributed by atoms with Crippen LogP contribution in [0, 0.1) is 0 Å². The molecule has 16 heavy (non-hydrogen) atoms. The molecule has 1 aromatic heterocycles. The van der Waals surface area contributed by atoms with Crippen LogP contribution in [0.2, 0.25) is 0 Å². The molecule has 6 heteroatoms. The largest absolute Gasteiger partial charge is 0.469 e. The molecule has 0 bridgehead atoms. The smallest absolute Gasteiger partial charge is 0.310 e. The summed E-state index contributed by atoms with van der Waals surface area (Å²) in [4.78, 5) is 14.6. The number of carbonyl (C=O) groups is 1. The van der Waals surface area contributed by atoms with E-state index in [0.29, 0.717) is 5.56 Å². The van der Waals surface area contributed by atoms with E-state index in [9.17, 15) is 13.6 Å². The molecule has 0 unspecified atom stereocenters. The highest BCUT2D eigenvalue weighted by atomic mass is 35.5. The van der Waals surface area contributed by atoms with E-state index in [1.54, 1.807) is 0 Å². The fraction of sp³-hybridized carbons (Fsp3) is 0.400. The summed E-state index contributed by atoms with van der Waals surface area (Å²) in [5, 5.41) is 0.